The van der Waals surface area contributed by atoms with Crippen molar-refractivity contribution in [2.24, 2.45) is 10.8 Å². The Balaban J connectivity index is 1.80. The zero-order chi connectivity index (χ0) is 25.1. The summed E-state index contributed by atoms with van der Waals surface area (Å²) in [6.45, 7) is 10.7. The Morgan fingerprint density at radius 1 is 0.743 bits per heavy atom. The number of hydrogen-bond donors (Lipinski definition) is 0. The number of allylic oxidation sites excluding steroid dienone is 4. The van der Waals surface area contributed by atoms with Gasteiger partial charge in [0, 0.05) is 47.0 Å². The number of Topliss-reactive ketones (excluding diaryl/α,β-unsaturated/α-hetero) is 2. The minimum Gasteiger partial charge on any atom is -0.497 e. The van der Waals surface area contributed by atoms with Crippen molar-refractivity contribution in [1.82, 2.24) is 0 Å². The van der Waals surface area contributed by atoms with Gasteiger partial charge < -0.3 is 9.64 Å². The summed E-state index contributed by atoms with van der Waals surface area (Å²) in [5.41, 5.74) is 6.58. The Morgan fingerprint density at radius 3 is 1.69 bits per heavy atom. The van der Waals surface area contributed by atoms with Gasteiger partial charge in [-0.25, -0.2) is 0 Å². The summed E-state index contributed by atoms with van der Waals surface area (Å²) in [6.07, 6.45) is 2.56. The van der Waals surface area contributed by atoms with E-state index in [-0.39, 0.29) is 28.3 Å². The second-order valence-corrected chi connectivity index (χ2v) is 12.0. The van der Waals surface area contributed by atoms with Crippen LogP contribution in [-0.4, -0.2) is 18.7 Å². The number of carbonyl (C=O) groups excluding carboxylic acids is 2. The average Bonchev–Trinajstić information content (AvgIpc) is 2.77. The van der Waals surface area contributed by atoms with E-state index in [0.717, 1.165) is 52.4 Å². The van der Waals surface area contributed by atoms with Crippen molar-refractivity contribution < 1.29 is 14.3 Å². The Kier molecular flexibility index (Phi) is 5.54. The van der Waals surface area contributed by atoms with Gasteiger partial charge in [0.1, 0.15) is 5.75 Å². The highest BCUT2D eigenvalue weighted by Gasteiger charge is 2.49. The lowest BCUT2D eigenvalue weighted by atomic mass is 9.63. The largest absolute Gasteiger partial charge is 0.497 e. The van der Waals surface area contributed by atoms with Crippen LogP contribution in [0, 0.1) is 17.8 Å². The summed E-state index contributed by atoms with van der Waals surface area (Å²) in [5, 5.41) is 0. The number of ketones is 2. The standard InChI is InChI=1S/C31H35NO3/c1-19-7-9-20(10-8-19)27-28-23(15-30(2,3)17-25(28)33)32(21-11-13-22(35-6)14-12-21)24-16-31(4,5)18-26(34)29(24)27/h7-14,27H,15-18H2,1-6H3. The van der Waals surface area contributed by atoms with E-state index < -0.39 is 0 Å². The fourth-order valence-corrected chi connectivity index (χ4v) is 6.10. The highest BCUT2D eigenvalue weighted by molar-refractivity contribution is 6.08. The van der Waals surface area contributed by atoms with Gasteiger partial charge in [-0.15, -0.1) is 0 Å². The number of hydrogen-bond acceptors (Lipinski definition) is 4. The van der Waals surface area contributed by atoms with Gasteiger partial charge in [0.25, 0.3) is 0 Å². The third-order valence-electron chi connectivity index (χ3n) is 7.65. The molecule has 0 saturated carbocycles. The molecule has 4 heteroatoms. The highest BCUT2D eigenvalue weighted by atomic mass is 16.5. The first-order valence-corrected chi connectivity index (χ1v) is 12.5. The third-order valence-corrected chi connectivity index (χ3v) is 7.65. The van der Waals surface area contributed by atoms with Gasteiger partial charge in [-0.3, -0.25) is 9.59 Å². The van der Waals surface area contributed by atoms with Gasteiger partial charge in [0.2, 0.25) is 0 Å². The first-order chi connectivity index (χ1) is 16.5. The number of benzene rings is 2. The molecule has 0 bridgehead atoms. The van der Waals surface area contributed by atoms with Gasteiger partial charge >= 0.3 is 0 Å². The molecule has 1 heterocycles. The molecule has 3 aliphatic rings. The number of ether oxygens (including phenoxy) is 1. The van der Waals surface area contributed by atoms with E-state index in [2.05, 4.69) is 63.8 Å². The van der Waals surface area contributed by atoms with Crippen molar-refractivity contribution >= 4 is 17.3 Å². The second-order valence-electron chi connectivity index (χ2n) is 12.0. The Bertz CT molecular complexity index is 1210. The molecule has 0 unspecified atom stereocenters. The Morgan fingerprint density at radius 2 is 1.23 bits per heavy atom. The molecule has 2 aromatic rings. The lowest BCUT2D eigenvalue weighted by Crippen LogP contribution is -2.44. The van der Waals surface area contributed by atoms with Gasteiger partial charge in [-0.1, -0.05) is 57.5 Å². The fourth-order valence-electron chi connectivity index (χ4n) is 6.10. The van der Waals surface area contributed by atoms with E-state index in [0.29, 0.717) is 12.8 Å². The van der Waals surface area contributed by atoms with Crippen LogP contribution in [0.15, 0.2) is 71.1 Å². The van der Waals surface area contributed by atoms with Crippen molar-refractivity contribution in [3.05, 3.63) is 82.2 Å². The summed E-state index contributed by atoms with van der Waals surface area (Å²) in [4.78, 5) is 29.9. The summed E-state index contributed by atoms with van der Waals surface area (Å²) in [7, 11) is 1.66. The Labute approximate surface area is 208 Å². The normalized spacial score (nSPS) is 21.7. The number of anilines is 1. The molecule has 0 atom stereocenters. The molecule has 0 amide bonds. The topological polar surface area (TPSA) is 46.6 Å². The van der Waals surface area contributed by atoms with Gasteiger partial charge in [0.05, 0.1) is 7.11 Å². The zero-order valence-electron chi connectivity index (χ0n) is 21.7. The summed E-state index contributed by atoms with van der Waals surface area (Å²) >= 11 is 0. The molecule has 4 nitrogen and oxygen atoms in total. The quantitative estimate of drug-likeness (QED) is 0.491. The number of carbonyl (C=O) groups is 2. The molecule has 2 aliphatic carbocycles. The monoisotopic (exact) mass is 469 g/mol. The minimum absolute atomic E-state index is 0.148. The number of nitrogens with zero attached hydrogens (tertiary/aromatic N) is 1. The van der Waals surface area contributed by atoms with E-state index >= 15 is 0 Å². The maximum Gasteiger partial charge on any atom is 0.162 e. The zero-order valence-corrected chi connectivity index (χ0v) is 21.7. The molecule has 0 N–H and O–H groups in total. The predicted molar refractivity (Wildman–Crippen MR) is 139 cm³/mol. The third kappa shape index (κ3) is 4.13. The van der Waals surface area contributed by atoms with Crippen LogP contribution in [0.3, 0.4) is 0 Å². The fraction of sp³-hybridized carbons (Fsp3) is 0.419. The summed E-state index contributed by atoms with van der Waals surface area (Å²) < 4.78 is 5.40. The van der Waals surface area contributed by atoms with Crippen molar-refractivity contribution in [1.29, 1.82) is 0 Å². The van der Waals surface area contributed by atoms with E-state index in [9.17, 15) is 9.59 Å². The molecular formula is C31H35NO3. The van der Waals surface area contributed by atoms with Crippen LogP contribution >= 0.6 is 0 Å². The van der Waals surface area contributed by atoms with Crippen LogP contribution in [0.25, 0.3) is 0 Å². The van der Waals surface area contributed by atoms with Crippen LogP contribution in [0.5, 0.6) is 5.75 Å². The number of aryl methyl sites for hydroxylation is 1. The average molecular weight is 470 g/mol. The number of methoxy groups -OCH3 is 1. The number of rotatable bonds is 3. The van der Waals surface area contributed by atoms with Gasteiger partial charge in [0.15, 0.2) is 11.6 Å². The summed E-state index contributed by atoms with van der Waals surface area (Å²) in [6, 6.07) is 16.3. The summed E-state index contributed by atoms with van der Waals surface area (Å²) in [5.74, 6) is 0.795. The van der Waals surface area contributed by atoms with E-state index in [1.54, 1.807) is 7.11 Å². The molecule has 35 heavy (non-hydrogen) atoms. The first-order valence-electron chi connectivity index (χ1n) is 12.5. The van der Waals surface area contributed by atoms with Crippen molar-refractivity contribution in [3.63, 3.8) is 0 Å². The Hall–Kier alpha value is -3.14. The van der Waals surface area contributed by atoms with E-state index in [1.165, 1.54) is 5.56 Å². The first kappa shape index (κ1) is 23.6. The molecule has 0 spiro atoms. The molecule has 0 fully saturated rings. The molecule has 5 rings (SSSR count). The molecule has 0 radical (unpaired) electrons. The van der Waals surface area contributed by atoms with Crippen LogP contribution in [-0.2, 0) is 9.59 Å². The lowest BCUT2D eigenvalue weighted by molar-refractivity contribution is -0.119. The molecule has 0 saturated heterocycles. The van der Waals surface area contributed by atoms with Gasteiger partial charge in [-0.05, 0) is 60.4 Å². The minimum atomic E-state index is -0.303. The van der Waals surface area contributed by atoms with Crippen LogP contribution in [0.2, 0.25) is 0 Å². The maximum atomic E-state index is 13.8. The molecule has 2 aromatic carbocycles. The van der Waals surface area contributed by atoms with Crippen molar-refractivity contribution in [3.8, 4) is 5.75 Å². The molecular weight excluding hydrogens is 434 g/mol. The van der Waals surface area contributed by atoms with Crippen LogP contribution < -0.4 is 9.64 Å². The van der Waals surface area contributed by atoms with E-state index in [4.69, 9.17) is 4.74 Å². The van der Waals surface area contributed by atoms with Crippen LogP contribution in [0.1, 0.15) is 70.4 Å². The second kappa shape index (κ2) is 8.22. The maximum absolute atomic E-state index is 13.8. The predicted octanol–water partition coefficient (Wildman–Crippen LogP) is 6.89. The SMILES string of the molecule is COc1ccc(N2C3=C(C(=O)CC(C)(C)C3)C(c3ccc(C)cc3)C3=C2CC(C)(C)CC3=O)cc1. The van der Waals surface area contributed by atoms with Crippen molar-refractivity contribution in [2.75, 3.05) is 12.0 Å². The molecule has 0 aromatic heterocycles. The van der Waals surface area contributed by atoms with Gasteiger partial charge in [-0.2, -0.15) is 0 Å². The molecule has 182 valence electrons. The van der Waals surface area contributed by atoms with Crippen molar-refractivity contribution in [2.45, 2.75) is 66.2 Å². The van der Waals surface area contributed by atoms with Crippen LogP contribution in [0.4, 0.5) is 5.69 Å². The lowest BCUT2D eigenvalue weighted by Gasteiger charge is -2.49. The van der Waals surface area contributed by atoms with E-state index in [1.807, 2.05) is 24.3 Å². The molecule has 1 aliphatic heterocycles. The smallest absolute Gasteiger partial charge is 0.162 e. The highest BCUT2D eigenvalue weighted by Crippen LogP contribution is 2.55.